The largest absolute Gasteiger partial charge is 0.369 e. The molecule has 3 N–H and O–H groups in total. The maximum Gasteiger partial charge on any atom is 0.234 e. The van der Waals surface area contributed by atoms with Gasteiger partial charge in [0.1, 0.15) is 0 Å². The minimum atomic E-state index is -0.0173. The van der Waals surface area contributed by atoms with Crippen molar-refractivity contribution in [2.75, 3.05) is 24.5 Å². The van der Waals surface area contributed by atoms with E-state index in [-0.39, 0.29) is 29.9 Å². The maximum atomic E-state index is 12.4. The highest BCUT2D eigenvalue weighted by Crippen LogP contribution is 2.29. The van der Waals surface area contributed by atoms with Crippen molar-refractivity contribution in [1.82, 2.24) is 10.2 Å². The van der Waals surface area contributed by atoms with E-state index in [1.807, 2.05) is 18.2 Å². The van der Waals surface area contributed by atoms with Crippen molar-refractivity contribution in [1.29, 1.82) is 10.5 Å². The molecule has 1 saturated heterocycles. The molecule has 35 heavy (non-hydrogen) atoms. The predicted octanol–water partition coefficient (Wildman–Crippen LogP) is 2.76. The van der Waals surface area contributed by atoms with Gasteiger partial charge in [0.15, 0.2) is 6.19 Å². The van der Waals surface area contributed by atoms with Gasteiger partial charge in [0.05, 0.1) is 29.9 Å². The third-order valence-electron chi connectivity index (χ3n) is 6.76. The molecule has 4 rings (SSSR count). The van der Waals surface area contributed by atoms with E-state index in [0.717, 1.165) is 45.2 Å². The second-order valence-corrected chi connectivity index (χ2v) is 9.34. The molecule has 0 aromatic heterocycles. The van der Waals surface area contributed by atoms with Gasteiger partial charge in [0, 0.05) is 19.1 Å². The molecule has 1 unspecified atom stereocenters. The normalized spacial score (nSPS) is 23.1. The fourth-order valence-corrected chi connectivity index (χ4v) is 5.14. The first-order valence-corrected chi connectivity index (χ1v) is 12.1. The molecule has 2 fully saturated rings. The van der Waals surface area contributed by atoms with Crippen LogP contribution in [0.15, 0.2) is 59.6 Å². The summed E-state index contributed by atoms with van der Waals surface area (Å²) in [5.74, 6) is 0.454. The van der Waals surface area contributed by atoms with E-state index < -0.39 is 0 Å². The van der Waals surface area contributed by atoms with Crippen LogP contribution in [0.25, 0.3) is 0 Å². The smallest absolute Gasteiger partial charge is 0.234 e. The van der Waals surface area contributed by atoms with Gasteiger partial charge in [0.25, 0.3) is 0 Å². The number of nitrogens with zero attached hydrogens (tertiary/aromatic N) is 5. The molecule has 8 heteroatoms. The summed E-state index contributed by atoms with van der Waals surface area (Å²) < 4.78 is 0. The van der Waals surface area contributed by atoms with Crippen molar-refractivity contribution in [3.63, 3.8) is 0 Å². The first-order chi connectivity index (χ1) is 17.1. The number of rotatable bonds is 6. The summed E-state index contributed by atoms with van der Waals surface area (Å²) in [6.07, 6.45) is 7.00. The highest BCUT2D eigenvalue weighted by atomic mass is 16.2. The van der Waals surface area contributed by atoms with Gasteiger partial charge < -0.3 is 11.1 Å². The zero-order valence-corrected chi connectivity index (χ0v) is 19.8. The fourth-order valence-electron chi connectivity index (χ4n) is 5.14. The number of nitrogens with two attached hydrogens (primary N) is 1. The zero-order valence-electron chi connectivity index (χ0n) is 19.8. The van der Waals surface area contributed by atoms with E-state index in [4.69, 9.17) is 10.7 Å². The topological polar surface area (TPSA) is 122 Å². The average molecular weight is 470 g/mol. The van der Waals surface area contributed by atoms with Crippen molar-refractivity contribution >= 4 is 17.6 Å². The number of amides is 1. The van der Waals surface area contributed by atoms with Gasteiger partial charge in [-0.25, -0.2) is 9.89 Å². The van der Waals surface area contributed by atoms with Crippen LogP contribution < -0.4 is 16.0 Å². The second kappa shape index (κ2) is 11.5. The number of nitrogens with one attached hydrogen (secondary N) is 1. The minimum Gasteiger partial charge on any atom is -0.369 e. The summed E-state index contributed by atoms with van der Waals surface area (Å²) in [5.41, 5.74) is 8.50. The van der Waals surface area contributed by atoms with E-state index in [2.05, 4.69) is 34.6 Å². The Morgan fingerprint density at radius 2 is 1.94 bits per heavy atom. The Hall–Kier alpha value is -3.88. The number of nitriles is 2. The number of hydrogen-bond acceptors (Lipinski definition) is 5. The number of hydrogen-bond donors (Lipinski definition) is 2. The minimum absolute atomic E-state index is 0.0173. The summed E-state index contributed by atoms with van der Waals surface area (Å²) in [6.45, 7) is 1.96. The first-order valence-electron chi connectivity index (χ1n) is 12.1. The third kappa shape index (κ3) is 6.38. The maximum absolute atomic E-state index is 12.4. The van der Waals surface area contributed by atoms with E-state index in [9.17, 15) is 15.3 Å². The molecule has 2 aliphatic rings. The molecular formula is C27H31N7O. The Kier molecular flexibility index (Phi) is 7.97. The number of aliphatic imine (C=N–C) groups is 1. The van der Waals surface area contributed by atoms with Gasteiger partial charge in [-0.2, -0.15) is 10.5 Å². The molecule has 3 atom stereocenters. The van der Waals surface area contributed by atoms with Crippen LogP contribution in [0.2, 0.25) is 0 Å². The molecule has 2 aromatic carbocycles. The molecule has 0 radical (unpaired) electrons. The lowest BCUT2D eigenvalue weighted by atomic mass is 9.84. The summed E-state index contributed by atoms with van der Waals surface area (Å²) in [4.78, 5) is 20.7. The SMILES string of the molecule is N#Cc1cccc(N(C#N)C(N)=N[C@@H]2CCCC[C@H]2CN2CC(=O)NC(Cc3ccccc3)C2)c1. The number of guanidine groups is 1. The number of carbonyl (C=O) groups is 1. The number of anilines is 1. The van der Waals surface area contributed by atoms with Gasteiger partial charge >= 0.3 is 0 Å². The Labute approximate surface area is 206 Å². The van der Waals surface area contributed by atoms with Gasteiger partial charge in [-0.05, 0) is 48.9 Å². The summed E-state index contributed by atoms with van der Waals surface area (Å²) in [7, 11) is 0. The molecular weight excluding hydrogens is 438 g/mol. The van der Waals surface area contributed by atoms with Crippen LogP contribution in [0.4, 0.5) is 5.69 Å². The summed E-state index contributed by atoms with van der Waals surface area (Å²) in [5, 5.41) is 22.0. The lowest BCUT2D eigenvalue weighted by molar-refractivity contribution is -0.125. The molecule has 1 amide bonds. The van der Waals surface area contributed by atoms with E-state index >= 15 is 0 Å². The molecule has 1 aliphatic carbocycles. The summed E-state index contributed by atoms with van der Waals surface area (Å²) in [6, 6.07) is 19.1. The Morgan fingerprint density at radius 3 is 2.71 bits per heavy atom. The van der Waals surface area contributed by atoms with Crippen LogP contribution in [0.1, 0.15) is 36.8 Å². The number of piperazine rings is 1. The molecule has 0 bridgehead atoms. The molecule has 1 heterocycles. The Balaban J connectivity index is 1.45. The van der Waals surface area contributed by atoms with Crippen molar-refractivity contribution in [3.05, 3.63) is 65.7 Å². The number of benzene rings is 2. The lowest BCUT2D eigenvalue weighted by Crippen LogP contribution is -2.56. The third-order valence-corrected chi connectivity index (χ3v) is 6.76. The van der Waals surface area contributed by atoms with Gasteiger partial charge in [-0.1, -0.05) is 49.2 Å². The quantitative estimate of drug-likeness (QED) is 0.290. The summed E-state index contributed by atoms with van der Waals surface area (Å²) >= 11 is 0. The lowest BCUT2D eigenvalue weighted by Gasteiger charge is -2.38. The number of carbonyl (C=O) groups excluding carboxylic acids is 1. The Morgan fingerprint density at radius 1 is 1.14 bits per heavy atom. The van der Waals surface area contributed by atoms with Crippen molar-refractivity contribution < 1.29 is 4.79 Å². The molecule has 1 aliphatic heterocycles. The van der Waals surface area contributed by atoms with Crippen LogP contribution in [-0.2, 0) is 11.2 Å². The predicted molar refractivity (Wildman–Crippen MR) is 135 cm³/mol. The van der Waals surface area contributed by atoms with Crippen LogP contribution in [0, 0.1) is 28.7 Å². The van der Waals surface area contributed by atoms with Crippen molar-refractivity contribution in [2.24, 2.45) is 16.6 Å². The monoisotopic (exact) mass is 469 g/mol. The van der Waals surface area contributed by atoms with Crippen LogP contribution >= 0.6 is 0 Å². The first kappa shape index (κ1) is 24.3. The highest BCUT2D eigenvalue weighted by molar-refractivity contribution is 5.97. The van der Waals surface area contributed by atoms with Crippen molar-refractivity contribution in [3.8, 4) is 12.3 Å². The molecule has 1 saturated carbocycles. The molecule has 180 valence electrons. The van der Waals surface area contributed by atoms with Gasteiger partial charge in [-0.3, -0.25) is 9.69 Å². The second-order valence-electron chi connectivity index (χ2n) is 9.34. The fraction of sp³-hybridized carbons (Fsp3) is 0.407. The Bertz CT molecular complexity index is 1130. The van der Waals surface area contributed by atoms with Gasteiger partial charge in [-0.15, -0.1) is 0 Å². The standard InChI is InChI=1S/C27H31N7O/c28-15-21-9-6-11-24(14-21)34(19-29)27(30)32-25-12-5-4-10-22(25)16-33-17-23(31-26(35)18-33)13-20-7-2-1-3-8-20/h1-3,6-9,11,14,22-23,25H,4-5,10,12-13,16-18H2,(H2,30,32)(H,31,35)/t22-,23?,25+/m0/s1. The highest BCUT2D eigenvalue weighted by Gasteiger charge is 2.31. The molecule has 0 spiro atoms. The van der Waals surface area contributed by atoms with Crippen LogP contribution in [-0.4, -0.2) is 48.5 Å². The van der Waals surface area contributed by atoms with Crippen LogP contribution in [0.3, 0.4) is 0 Å². The zero-order chi connectivity index (χ0) is 24.6. The molecule has 8 nitrogen and oxygen atoms in total. The van der Waals surface area contributed by atoms with E-state index in [1.165, 1.54) is 10.5 Å². The van der Waals surface area contributed by atoms with E-state index in [1.54, 1.807) is 24.3 Å². The van der Waals surface area contributed by atoms with Crippen LogP contribution in [0.5, 0.6) is 0 Å². The van der Waals surface area contributed by atoms with Crippen molar-refractivity contribution in [2.45, 2.75) is 44.2 Å². The molecule has 2 aromatic rings. The van der Waals surface area contributed by atoms with E-state index in [0.29, 0.717) is 17.8 Å². The average Bonchev–Trinajstić information content (AvgIpc) is 2.86. The van der Waals surface area contributed by atoms with Gasteiger partial charge in [0.2, 0.25) is 11.9 Å².